The average molecular weight is 314 g/mol. The summed E-state index contributed by atoms with van der Waals surface area (Å²) in [4.78, 5) is 34.4. The summed E-state index contributed by atoms with van der Waals surface area (Å²) in [7, 11) is 0. The smallest absolute Gasteiger partial charge is 0.329 e. The van der Waals surface area contributed by atoms with E-state index in [9.17, 15) is 14.4 Å². The number of hydrogen-bond donors (Lipinski definition) is 3. The van der Waals surface area contributed by atoms with Crippen LogP contribution in [0, 0.1) is 5.92 Å². The minimum atomic E-state index is -1.18. The predicted octanol–water partition coefficient (Wildman–Crippen LogP) is 1.37. The van der Waals surface area contributed by atoms with Gasteiger partial charge in [0.2, 0.25) is 0 Å². The maximum atomic E-state index is 11.8. The van der Waals surface area contributed by atoms with Gasteiger partial charge in [0.15, 0.2) is 0 Å². The van der Waals surface area contributed by atoms with E-state index in [2.05, 4.69) is 15.4 Å². The second kappa shape index (κ2) is 8.38. The molecule has 1 heterocycles. The summed E-state index contributed by atoms with van der Waals surface area (Å²) in [6.07, 6.45) is 0. The lowest BCUT2D eigenvalue weighted by Gasteiger charge is -2.21. The molecule has 116 valence electrons. The van der Waals surface area contributed by atoms with Crippen molar-refractivity contribution in [1.82, 2.24) is 10.6 Å². The number of ether oxygens (including phenoxy) is 1. The van der Waals surface area contributed by atoms with Crippen molar-refractivity contribution in [2.75, 3.05) is 13.2 Å². The van der Waals surface area contributed by atoms with Crippen LogP contribution < -0.4 is 10.6 Å². The topological polar surface area (TPSA) is 105 Å². The van der Waals surface area contributed by atoms with Crippen molar-refractivity contribution in [2.24, 2.45) is 5.92 Å². The van der Waals surface area contributed by atoms with Gasteiger partial charge in [-0.2, -0.15) is 0 Å². The number of carbonyl (C=O) groups excluding carboxylic acids is 2. The number of carbonyl (C=O) groups is 3. The van der Waals surface area contributed by atoms with E-state index in [0.29, 0.717) is 0 Å². The Kier molecular flexibility index (Phi) is 6.83. The van der Waals surface area contributed by atoms with Gasteiger partial charge in [0.1, 0.15) is 13.2 Å². The zero-order chi connectivity index (χ0) is 15.8. The van der Waals surface area contributed by atoms with E-state index in [-0.39, 0.29) is 12.0 Å². The van der Waals surface area contributed by atoms with Crippen molar-refractivity contribution in [3.63, 3.8) is 0 Å². The SMILES string of the molecule is CC(C)C(NC(=O)NC(=O)COCC(=O)O)c1cccs1. The Morgan fingerprint density at radius 2 is 2.05 bits per heavy atom. The number of hydrogen-bond acceptors (Lipinski definition) is 5. The molecule has 1 atom stereocenters. The Labute approximate surface area is 126 Å². The predicted molar refractivity (Wildman–Crippen MR) is 77.0 cm³/mol. The molecule has 0 aliphatic carbocycles. The highest BCUT2D eigenvalue weighted by molar-refractivity contribution is 7.10. The van der Waals surface area contributed by atoms with Crippen LogP contribution in [-0.4, -0.2) is 36.2 Å². The Balaban J connectivity index is 2.44. The fourth-order valence-corrected chi connectivity index (χ4v) is 2.55. The molecule has 7 nitrogen and oxygen atoms in total. The van der Waals surface area contributed by atoms with Gasteiger partial charge in [-0.1, -0.05) is 19.9 Å². The molecule has 0 aliphatic heterocycles. The first-order valence-corrected chi connectivity index (χ1v) is 7.21. The molecular weight excluding hydrogens is 296 g/mol. The number of rotatable bonds is 7. The second-order valence-corrected chi connectivity index (χ2v) is 5.62. The number of amides is 3. The van der Waals surface area contributed by atoms with Gasteiger partial charge in [-0.05, 0) is 17.4 Å². The number of aliphatic carboxylic acids is 1. The molecule has 1 aromatic heterocycles. The van der Waals surface area contributed by atoms with Crippen LogP contribution in [0.4, 0.5) is 4.79 Å². The van der Waals surface area contributed by atoms with Crippen LogP contribution in [0.1, 0.15) is 24.8 Å². The Bertz CT molecular complexity index is 487. The first-order valence-electron chi connectivity index (χ1n) is 6.33. The molecule has 0 spiro atoms. The number of nitrogens with one attached hydrogen (secondary N) is 2. The normalized spacial score (nSPS) is 12.0. The van der Waals surface area contributed by atoms with E-state index in [1.54, 1.807) is 0 Å². The molecule has 1 rings (SSSR count). The van der Waals surface area contributed by atoms with E-state index in [4.69, 9.17) is 5.11 Å². The molecule has 0 saturated carbocycles. The van der Waals surface area contributed by atoms with Crippen molar-refractivity contribution >= 4 is 29.2 Å². The second-order valence-electron chi connectivity index (χ2n) is 4.65. The lowest BCUT2D eigenvalue weighted by Crippen LogP contribution is -2.43. The number of imide groups is 1. The van der Waals surface area contributed by atoms with Crippen molar-refractivity contribution in [3.8, 4) is 0 Å². The van der Waals surface area contributed by atoms with Crippen molar-refractivity contribution in [2.45, 2.75) is 19.9 Å². The lowest BCUT2D eigenvalue weighted by molar-refractivity contribution is -0.143. The van der Waals surface area contributed by atoms with Crippen LogP contribution in [0.15, 0.2) is 17.5 Å². The minimum absolute atomic E-state index is 0.160. The molecule has 0 radical (unpaired) electrons. The average Bonchev–Trinajstić information content (AvgIpc) is 2.88. The van der Waals surface area contributed by atoms with Gasteiger partial charge in [-0.15, -0.1) is 11.3 Å². The van der Waals surface area contributed by atoms with Gasteiger partial charge < -0.3 is 15.2 Å². The van der Waals surface area contributed by atoms with Gasteiger partial charge in [0, 0.05) is 4.88 Å². The van der Waals surface area contributed by atoms with E-state index >= 15 is 0 Å². The monoisotopic (exact) mass is 314 g/mol. The Hall–Kier alpha value is -1.93. The standard InChI is InChI=1S/C13H18N2O5S/c1-8(2)12(9-4-3-5-21-9)15-13(19)14-10(16)6-20-7-11(17)18/h3-5,8,12H,6-7H2,1-2H3,(H,17,18)(H2,14,15,16,19). The third-order valence-corrected chi connectivity index (χ3v) is 3.47. The molecule has 3 N–H and O–H groups in total. The summed E-state index contributed by atoms with van der Waals surface area (Å²) in [6.45, 7) is 2.86. The summed E-state index contributed by atoms with van der Waals surface area (Å²) >= 11 is 1.52. The summed E-state index contributed by atoms with van der Waals surface area (Å²) < 4.78 is 4.59. The third kappa shape index (κ3) is 6.37. The van der Waals surface area contributed by atoms with Crippen LogP contribution in [0.2, 0.25) is 0 Å². The van der Waals surface area contributed by atoms with Gasteiger partial charge in [0.25, 0.3) is 5.91 Å². The summed E-state index contributed by atoms with van der Waals surface area (Å²) in [5.74, 6) is -1.71. The maximum Gasteiger partial charge on any atom is 0.329 e. The van der Waals surface area contributed by atoms with Crippen LogP contribution >= 0.6 is 11.3 Å². The van der Waals surface area contributed by atoms with Crippen LogP contribution in [0.25, 0.3) is 0 Å². The van der Waals surface area contributed by atoms with Crippen LogP contribution in [0.5, 0.6) is 0 Å². The largest absolute Gasteiger partial charge is 0.480 e. The summed E-state index contributed by atoms with van der Waals surface area (Å²) in [6, 6.07) is 2.97. The van der Waals surface area contributed by atoms with Crippen molar-refractivity contribution in [1.29, 1.82) is 0 Å². The van der Waals surface area contributed by atoms with Gasteiger partial charge in [0.05, 0.1) is 6.04 Å². The van der Waals surface area contributed by atoms with Gasteiger partial charge in [-0.25, -0.2) is 9.59 Å². The van der Waals surface area contributed by atoms with Crippen LogP contribution in [0.3, 0.4) is 0 Å². The molecule has 3 amide bonds. The van der Waals surface area contributed by atoms with Gasteiger partial charge in [-0.3, -0.25) is 10.1 Å². The number of carboxylic acids is 1. The molecule has 8 heteroatoms. The molecule has 0 bridgehead atoms. The summed E-state index contributed by atoms with van der Waals surface area (Å²) in [5, 5.41) is 15.1. The molecule has 21 heavy (non-hydrogen) atoms. The molecule has 0 aliphatic rings. The molecule has 1 unspecified atom stereocenters. The zero-order valence-corrected chi connectivity index (χ0v) is 12.6. The molecule has 0 aromatic carbocycles. The first kappa shape index (κ1) is 17.1. The van der Waals surface area contributed by atoms with Gasteiger partial charge >= 0.3 is 12.0 Å². The van der Waals surface area contributed by atoms with E-state index in [0.717, 1.165) is 4.88 Å². The highest BCUT2D eigenvalue weighted by atomic mass is 32.1. The van der Waals surface area contributed by atoms with E-state index in [1.165, 1.54) is 11.3 Å². The molecular formula is C13H18N2O5S. The van der Waals surface area contributed by atoms with E-state index in [1.807, 2.05) is 31.4 Å². The molecule has 0 fully saturated rings. The number of thiophene rings is 1. The Morgan fingerprint density at radius 3 is 2.57 bits per heavy atom. The fourth-order valence-electron chi connectivity index (χ4n) is 1.61. The lowest BCUT2D eigenvalue weighted by atomic mass is 10.0. The Morgan fingerprint density at radius 1 is 1.33 bits per heavy atom. The zero-order valence-electron chi connectivity index (χ0n) is 11.8. The summed E-state index contributed by atoms with van der Waals surface area (Å²) in [5.41, 5.74) is 0. The highest BCUT2D eigenvalue weighted by Crippen LogP contribution is 2.25. The highest BCUT2D eigenvalue weighted by Gasteiger charge is 2.20. The maximum absolute atomic E-state index is 11.8. The van der Waals surface area contributed by atoms with Crippen molar-refractivity contribution < 1.29 is 24.2 Å². The molecule has 0 saturated heterocycles. The van der Waals surface area contributed by atoms with Crippen LogP contribution in [-0.2, 0) is 14.3 Å². The quantitative estimate of drug-likeness (QED) is 0.705. The third-order valence-electron chi connectivity index (χ3n) is 2.51. The minimum Gasteiger partial charge on any atom is -0.480 e. The van der Waals surface area contributed by atoms with Crippen molar-refractivity contribution in [3.05, 3.63) is 22.4 Å². The van der Waals surface area contributed by atoms with E-state index < -0.39 is 31.1 Å². The number of carboxylic acid groups (broad SMARTS) is 1. The molecule has 1 aromatic rings. The first-order chi connectivity index (χ1) is 9.90. The fraction of sp³-hybridized carbons (Fsp3) is 0.462. The number of urea groups is 1.